The molecule has 0 bridgehead atoms. The number of halogens is 2. The van der Waals surface area contributed by atoms with Gasteiger partial charge in [-0.05, 0) is 23.4 Å². The van der Waals surface area contributed by atoms with Crippen LogP contribution in [0.25, 0.3) is 0 Å². The number of nitrogens with one attached hydrogen (secondary N) is 2. The summed E-state index contributed by atoms with van der Waals surface area (Å²) in [7, 11) is 1.59. The summed E-state index contributed by atoms with van der Waals surface area (Å²) in [5.74, 6) is 1.64. The van der Waals surface area contributed by atoms with E-state index >= 15 is 0 Å². The Kier molecular flexibility index (Phi) is 5.57. The number of para-hydroxylation sites is 1. The zero-order chi connectivity index (χ0) is 17.6. The lowest BCUT2D eigenvalue weighted by Crippen LogP contribution is -2.06. The summed E-state index contributed by atoms with van der Waals surface area (Å²) in [5.41, 5.74) is 1.71. The van der Waals surface area contributed by atoms with Gasteiger partial charge in [-0.3, -0.25) is 0 Å². The molecule has 0 saturated heterocycles. The maximum absolute atomic E-state index is 6.20. The van der Waals surface area contributed by atoms with Crippen molar-refractivity contribution in [2.24, 2.45) is 0 Å². The van der Waals surface area contributed by atoms with Gasteiger partial charge < -0.3 is 14.8 Å². The molecule has 0 atom stereocenters. The van der Waals surface area contributed by atoms with E-state index in [1.165, 1.54) is 0 Å². The predicted molar refractivity (Wildman–Crippen MR) is 95.3 cm³/mol. The van der Waals surface area contributed by atoms with Crippen LogP contribution >= 0.6 is 23.2 Å². The number of nitrogens with zero attached hydrogens (tertiary/aromatic N) is 3. The van der Waals surface area contributed by atoms with E-state index in [0.29, 0.717) is 34.0 Å². The van der Waals surface area contributed by atoms with Crippen LogP contribution in [-0.2, 0) is 13.2 Å². The van der Waals surface area contributed by atoms with Gasteiger partial charge in [0.05, 0.1) is 7.11 Å². The molecule has 2 N–H and O–H groups in total. The number of tetrazole rings is 1. The van der Waals surface area contributed by atoms with E-state index in [-0.39, 0.29) is 6.61 Å². The average molecular weight is 380 g/mol. The number of rotatable bonds is 7. The van der Waals surface area contributed by atoms with Crippen LogP contribution in [-0.4, -0.2) is 27.7 Å². The van der Waals surface area contributed by atoms with Crippen LogP contribution in [0.2, 0.25) is 10.0 Å². The number of H-pyrrole nitrogens is 1. The second-order valence-corrected chi connectivity index (χ2v) is 5.91. The Balaban J connectivity index is 1.78. The fourth-order valence-corrected chi connectivity index (χ4v) is 2.69. The predicted octanol–water partition coefficient (Wildman–Crippen LogP) is 3.71. The monoisotopic (exact) mass is 379 g/mol. The Morgan fingerprint density at radius 3 is 2.76 bits per heavy atom. The smallest absolute Gasteiger partial charge is 0.263 e. The fraction of sp³-hybridized carbons (Fsp3) is 0.188. The molecule has 0 aliphatic rings. The minimum absolute atomic E-state index is 0.283. The molecule has 7 nitrogen and oxygen atoms in total. The van der Waals surface area contributed by atoms with Crippen molar-refractivity contribution >= 4 is 29.2 Å². The summed E-state index contributed by atoms with van der Waals surface area (Å²) in [4.78, 5) is 0. The third kappa shape index (κ3) is 4.32. The van der Waals surface area contributed by atoms with E-state index in [1.54, 1.807) is 19.2 Å². The van der Waals surface area contributed by atoms with Crippen molar-refractivity contribution in [3.8, 4) is 11.5 Å². The molecule has 0 aliphatic heterocycles. The van der Waals surface area contributed by atoms with Gasteiger partial charge in [0.25, 0.3) is 5.95 Å². The summed E-state index contributed by atoms with van der Waals surface area (Å²) in [5, 5.41) is 17.8. The van der Waals surface area contributed by atoms with Crippen molar-refractivity contribution in [2.75, 3.05) is 12.4 Å². The second kappa shape index (κ2) is 8.04. The standard InChI is InChI=1S/C16H15Cl2N5O2/c1-24-14-4-2-3-10(8-19-16-20-22-23-21-16)15(14)25-9-11-5-6-12(17)7-13(11)18/h2-7H,8-9H2,1H3,(H2,19,20,21,22,23). The van der Waals surface area contributed by atoms with E-state index in [9.17, 15) is 0 Å². The van der Waals surface area contributed by atoms with Gasteiger partial charge in [-0.25, -0.2) is 0 Å². The molecular weight excluding hydrogens is 365 g/mol. The molecule has 0 amide bonds. The van der Waals surface area contributed by atoms with Crippen LogP contribution in [0.3, 0.4) is 0 Å². The van der Waals surface area contributed by atoms with Crippen LogP contribution in [0, 0.1) is 0 Å². The highest BCUT2D eigenvalue weighted by molar-refractivity contribution is 6.35. The molecular formula is C16H15Cl2N5O2. The zero-order valence-electron chi connectivity index (χ0n) is 13.3. The number of hydrogen-bond acceptors (Lipinski definition) is 6. The van der Waals surface area contributed by atoms with Crippen LogP contribution in [0.4, 0.5) is 5.95 Å². The lowest BCUT2D eigenvalue weighted by Gasteiger charge is -2.16. The number of anilines is 1. The highest BCUT2D eigenvalue weighted by atomic mass is 35.5. The largest absolute Gasteiger partial charge is 0.493 e. The number of aromatic nitrogens is 4. The molecule has 0 unspecified atom stereocenters. The molecule has 25 heavy (non-hydrogen) atoms. The minimum Gasteiger partial charge on any atom is -0.493 e. The van der Waals surface area contributed by atoms with E-state index in [4.69, 9.17) is 32.7 Å². The quantitative estimate of drug-likeness (QED) is 0.650. The Labute approximate surface area is 154 Å². The van der Waals surface area contributed by atoms with E-state index < -0.39 is 0 Å². The second-order valence-electron chi connectivity index (χ2n) is 5.06. The molecule has 0 fully saturated rings. The molecule has 130 valence electrons. The van der Waals surface area contributed by atoms with Gasteiger partial charge in [0.15, 0.2) is 11.5 Å². The van der Waals surface area contributed by atoms with Crippen LogP contribution in [0.15, 0.2) is 36.4 Å². The van der Waals surface area contributed by atoms with Gasteiger partial charge in [0.2, 0.25) is 0 Å². The first-order valence-electron chi connectivity index (χ1n) is 7.37. The molecule has 3 aromatic rings. The van der Waals surface area contributed by atoms with Gasteiger partial charge >= 0.3 is 0 Å². The van der Waals surface area contributed by atoms with Crippen molar-refractivity contribution in [1.82, 2.24) is 20.6 Å². The molecule has 1 aromatic heterocycles. The molecule has 0 spiro atoms. The lowest BCUT2D eigenvalue weighted by molar-refractivity contribution is 0.282. The summed E-state index contributed by atoms with van der Waals surface area (Å²) in [6, 6.07) is 10.9. The molecule has 3 rings (SSSR count). The first-order valence-corrected chi connectivity index (χ1v) is 8.13. The summed E-state index contributed by atoms with van der Waals surface area (Å²) >= 11 is 12.1. The third-order valence-electron chi connectivity index (χ3n) is 3.45. The molecule has 1 heterocycles. The van der Waals surface area contributed by atoms with Crippen molar-refractivity contribution < 1.29 is 9.47 Å². The zero-order valence-corrected chi connectivity index (χ0v) is 14.8. The Hall–Kier alpha value is -2.51. The highest BCUT2D eigenvalue weighted by Crippen LogP contribution is 2.33. The first kappa shape index (κ1) is 17.3. The van der Waals surface area contributed by atoms with Crippen LogP contribution in [0.5, 0.6) is 11.5 Å². The summed E-state index contributed by atoms with van der Waals surface area (Å²) in [6.07, 6.45) is 0. The van der Waals surface area contributed by atoms with Crippen molar-refractivity contribution in [3.05, 3.63) is 57.6 Å². The van der Waals surface area contributed by atoms with Gasteiger partial charge in [0.1, 0.15) is 6.61 Å². The third-order valence-corrected chi connectivity index (χ3v) is 4.04. The van der Waals surface area contributed by atoms with Crippen molar-refractivity contribution in [1.29, 1.82) is 0 Å². The molecule has 0 saturated carbocycles. The minimum atomic E-state index is 0.283. The number of ether oxygens (including phenoxy) is 2. The molecule has 2 aromatic carbocycles. The number of benzene rings is 2. The maximum atomic E-state index is 6.20. The first-order chi connectivity index (χ1) is 12.2. The van der Waals surface area contributed by atoms with Crippen molar-refractivity contribution in [3.63, 3.8) is 0 Å². The Morgan fingerprint density at radius 2 is 2.04 bits per heavy atom. The van der Waals surface area contributed by atoms with E-state index in [1.807, 2.05) is 24.3 Å². The fourth-order valence-electron chi connectivity index (χ4n) is 2.22. The summed E-state index contributed by atoms with van der Waals surface area (Å²) in [6.45, 7) is 0.728. The van der Waals surface area contributed by atoms with Crippen molar-refractivity contribution in [2.45, 2.75) is 13.2 Å². The number of methoxy groups -OCH3 is 1. The van der Waals surface area contributed by atoms with Crippen LogP contribution in [0.1, 0.15) is 11.1 Å². The number of aromatic amines is 1. The lowest BCUT2D eigenvalue weighted by atomic mass is 10.1. The highest BCUT2D eigenvalue weighted by Gasteiger charge is 2.12. The average Bonchev–Trinajstić information content (AvgIpc) is 3.13. The molecule has 0 aliphatic carbocycles. The number of hydrogen-bond donors (Lipinski definition) is 2. The normalized spacial score (nSPS) is 10.5. The van der Waals surface area contributed by atoms with Crippen LogP contribution < -0.4 is 14.8 Å². The van der Waals surface area contributed by atoms with Gasteiger partial charge in [-0.1, -0.05) is 46.5 Å². The summed E-state index contributed by atoms with van der Waals surface area (Å²) < 4.78 is 11.4. The molecule has 0 radical (unpaired) electrons. The SMILES string of the molecule is COc1cccc(CNc2nn[nH]n2)c1OCc1ccc(Cl)cc1Cl. The Bertz CT molecular complexity index is 843. The topological polar surface area (TPSA) is 85.0 Å². The van der Waals surface area contributed by atoms with Gasteiger partial charge in [-0.2, -0.15) is 5.21 Å². The molecule has 9 heteroatoms. The van der Waals surface area contributed by atoms with E-state index in [0.717, 1.165) is 11.1 Å². The Morgan fingerprint density at radius 1 is 1.16 bits per heavy atom. The maximum Gasteiger partial charge on any atom is 0.263 e. The van der Waals surface area contributed by atoms with Gasteiger partial charge in [0, 0.05) is 27.7 Å². The van der Waals surface area contributed by atoms with E-state index in [2.05, 4.69) is 25.9 Å². The van der Waals surface area contributed by atoms with Gasteiger partial charge in [-0.15, -0.1) is 5.10 Å².